The van der Waals surface area contributed by atoms with E-state index in [-0.39, 0.29) is 5.82 Å². The number of nitrogens with two attached hydrogens (primary N) is 1. The van der Waals surface area contributed by atoms with E-state index in [1.807, 2.05) is 13.0 Å². The van der Waals surface area contributed by atoms with E-state index in [4.69, 9.17) is 10.5 Å². The van der Waals surface area contributed by atoms with Gasteiger partial charge in [0.15, 0.2) is 17.2 Å². The van der Waals surface area contributed by atoms with Gasteiger partial charge in [0.05, 0.1) is 12.9 Å². The fourth-order valence-corrected chi connectivity index (χ4v) is 2.92. The van der Waals surface area contributed by atoms with E-state index in [0.29, 0.717) is 11.2 Å². The molecule has 5 N–H and O–H groups in total. The number of hydrogen-bond donors (Lipinski definition) is 4. The normalized spacial score (nSPS) is 30.6. The minimum absolute atomic E-state index is 0.207. The molecular formula is C15H21N5O4. The molecule has 9 heteroatoms. The van der Waals surface area contributed by atoms with E-state index in [1.54, 1.807) is 6.08 Å². The summed E-state index contributed by atoms with van der Waals surface area (Å²) in [5.41, 5.74) is 5.12. The molecule has 4 atom stereocenters. The number of aromatic nitrogens is 4. The summed E-state index contributed by atoms with van der Waals surface area (Å²) in [7, 11) is 0. The first-order chi connectivity index (χ1) is 11.5. The highest BCUT2D eigenvalue weighted by atomic mass is 16.6. The largest absolute Gasteiger partial charge is 0.394 e. The van der Waals surface area contributed by atoms with E-state index in [1.165, 1.54) is 17.2 Å². The first kappa shape index (κ1) is 16.8. The van der Waals surface area contributed by atoms with E-state index >= 15 is 0 Å². The second kappa shape index (κ2) is 6.44. The lowest BCUT2D eigenvalue weighted by atomic mass is 10.0. The maximum Gasteiger partial charge on any atom is 0.195 e. The van der Waals surface area contributed by atoms with Crippen LogP contribution in [-0.2, 0) is 10.5 Å². The van der Waals surface area contributed by atoms with Gasteiger partial charge in [0.25, 0.3) is 0 Å². The molecule has 1 saturated heterocycles. The first-order valence-electron chi connectivity index (χ1n) is 7.81. The molecule has 2 aromatic heterocycles. The first-order valence-corrected chi connectivity index (χ1v) is 7.81. The summed E-state index contributed by atoms with van der Waals surface area (Å²) in [6.45, 7) is 1.60. The Kier molecular flexibility index (Phi) is 4.50. The van der Waals surface area contributed by atoms with Gasteiger partial charge in [0.1, 0.15) is 30.2 Å². The highest BCUT2D eigenvalue weighted by Crippen LogP contribution is 2.39. The third-order valence-electron chi connectivity index (χ3n) is 4.20. The second-order valence-electron chi connectivity index (χ2n) is 5.76. The number of hydrogen-bond acceptors (Lipinski definition) is 8. The van der Waals surface area contributed by atoms with Crippen molar-refractivity contribution < 1.29 is 20.1 Å². The van der Waals surface area contributed by atoms with Crippen molar-refractivity contribution in [2.24, 2.45) is 0 Å². The van der Waals surface area contributed by atoms with Gasteiger partial charge >= 0.3 is 0 Å². The van der Waals surface area contributed by atoms with Crippen LogP contribution < -0.4 is 5.73 Å². The molecule has 2 aromatic rings. The summed E-state index contributed by atoms with van der Waals surface area (Å²) in [4.78, 5) is 12.3. The Morgan fingerprint density at radius 3 is 2.83 bits per heavy atom. The highest BCUT2D eigenvalue weighted by molar-refractivity contribution is 5.81. The lowest BCUT2D eigenvalue weighted by Crippen LogP contribution is -2.44. The van der Waals surface area contributed by atoms with Crippen LogP contribution in [0.5, 0.6) is 0 Å². The number of nitrogens with zero attached hydrogens (tertiary/aromatic N) is 4. The van der Waals surface area contributed by atoms with Gasteiger partial charge in [-0.15, -0.1) is 0 Å². The van der Waals surface area contributed by atoms with Crippen LogP contribution in [0.3, 0.4) is 0 Å². The van der Waals surface area contributed by atoms with Crippen LogP contribution in [0, 0.1) is 0 Å². The molecule has 1 aliphatic heterocycles. The zero-order chi connectivity index (χ0) is 17.3. The van der Waals surface area contributed by atoms with Crippen molar-refractivity contribution in [3.05, 3.63) is 24.8 Å². The smallest absolute Gasteiger partial charge is 0.195 e. The Bertz CT molecular complexity index is 749. The van der Waals surface area contributed by atoms with Crippen molar-refractivity contribution in [3.63, 3.8) is 0 Å². The van der Waals surface area contributed by atoms with Crippen molar-refractivity contribution in [3.8, 4) is 0 Å². The van der Waals surface area contributed by atoms with Crippen molar-refractivity contribution in [1.82, 2.24) is 19.5 Å². The van der Waals surface area contributed by atoms with Crippen LogP contribution in [0.1, 0.15) is 19.8 Å². The third-order valence-corrected chi connectivity index (χ3v) is 4.20. The Morgan fingerprint density at radius 2 is 2.17 bits per heavy atom. The molecule has 0 amide bonds. The van der Waals surface area contributed by atoms with E-state index in [0.717, 1.165) is 12.8 Å². The van der Waals surface area contributed by atoms with Crippen LogP contribution in [-0.4, -0.2) is 59.8 Å². The molecule has 0 bridgehead atoms. The summed E-state index contributed by atoms with van der Waals surface area (Å²) < 4.78 is 7.36. The van der Waals surface area contributed by atoms with Crippen molar-refractivity contribution in [2.45, 2.75) is 43.8 Å². The molecule has 0 unspecified atom stereocenters. The predicted octanol–water partition coefficient (Wildman–Crippen LogP) is -0.470. The Hall–Kier alpha value is -2.07. The summed E-state index contributed by atoms with van der Waals surface area (Å²) in [6, 6.07) is 0. The fourth-order valence-electron chi connectivity index (χ4n) is 2.92. The van der Waals surface area contributed by atoms with E-state index < -0.39 is 30.6 Å². The van der Waals surface area contributed by atoms with Crippen molar-refractivity contribution in [2.75, 3.05) is 12.3 Å². The summed E-state index contributed by atoms with van der Waals surface area (Å²) in [5, 5.41) is 30.3. The zero-order valence-corrected chi connectivity index (χ0v) is 13.3. The molecule has 24 heavy (non-hydrogen) atoms. The second-order valence-corrected chi connectivity index (χ2v) is 5.76. The van der Waals surface area contributed by atoms with Crippen LogP contribution in [0.15, 0.2) is 24.8 Å². The average molecular weight is 335 g/mol. The number of rotatable bonds is 5. The van der Waals surface area contributed by atoms with Crippen LogP contribution in [0.25, 0.3) is 11.2 Å². The van der Waals surface area contributed by atoms with Gasteiger partial charge in [-0.25, -0.2) is 15.0 Å². The molecule has 0 saturated carbocycles. The maximum atomic E-state index is 10.6. The molecule has 1 aliphatic rings. The minimum Gasteiger partial charge on any atom is -0.394 e. The van der Waals surface area contributed by atoms with Gasteiger partial charge in [0, 0.05) is 0 Å². The molecule has 0 radical (unpaired) electrons. The number of ether oxygens (including phenoxy) is 1. The topological polar surface area (TPSA) is 140 Å². The number of allylic oxidation sites excluding steroid dienone is 1. The summed E-state index contributed by atoms with van der Waals surface area (Å²) in [6.07, 6.45) is 4.43. The average Bonchev–Trinajstić information content (AvgIpc) is 3.12. The number of imidazole rings is 1. The standard InChI is InChI=1S/C15H21N5O4/c1-2-3-4-5-15(12(23)11(22)9(6-21)24-15)20-8-19-10-13(16)17-7-18-14(10)20/h4-5,7-9,11-12,21-23H,2-3,6H2,1H3,(H2,16,17,18)/b5-4+/t9-,11-,12-,15-/m1/s1. The number of aliphatic hydroxyl groups is 3. The number of unbranched alkanes of at least 4 members (excludes halogenated alkanes) is 1. The third kappa shape index (κ3) is 2.46. The Morgan fingerprint density at radius 1 is 1.38 bits per heavy atom. The molecule has 0 aromatic carbocycles. The molecular weight excluding hydrogens is 314 g/mol. The van der Waals surface area contributed by atoms with Gasteiger partial charge in [-0.3, -0.25) is 4.57 Å². The molecule has 130 valence electrons. The molecule has 0 aliphatic carbocycles. The van der Waals surface area contributed by atoms with Gasteiger partial charge in [-0.2, -0.15) is 0 Å². The van der Waals surface area contributed by atoms with Crippen LogP contribution in [0.2, 0.25) is 0 Å². The quantitative estimate of drug-likeness (QED) is 0.538. The van der Waals surface area contributed by atoms with E-state index in [2.05, 4.69) is 15.0 Å². The number of aliphatic hydroxyl groups excluding tert-OH is 3. The minimum atomic E-state index is -1.43. The van der Waals surface area contributed by atoms with Crippen molar-refractivity contribution in [1.29, 1.82) is 0 Å². The van der Waals surface area contributed by atoms with Gasteiger partial charge in [-0.1, -0.05) is 19.4 Å². The van der Waals surface area contributed by atoms with Gasteiger partial charge in [0.2, 0.25) is 0 Å². The number of anilines is 1. The lowest BCUT2D eigenvalue weighted by Gasteiger charge is -2.30. The highest BCUT2D eigenvalue weighted by Gasteiger charge is 2.54. The van der Waals surface area contributed by atoms with Crippen LogP contribution in [0.4, 0.5) is 5.82 Å². The van der Waals surface area contributed by atoms with Crippen LogP contribution >= 0.6 is 0 Å². The molecule has 0 spiro atoms. The SMILES string of the molecule is CCC/C=C/[C@@]1(n2cnc3c(N)ncnc32)O[C@H](CO)[C@@H](O)[C@H]1O. The predicted molar refractivity (Wildman–Crippen MR) is 85.7 cm³/mol. The van der Waals surface area contributed by atoms with E-state index in [9.17, 15) is 15.3 Å². The molecule has 9 nitrogen and oxygen atoms in total. The monoisotopic (exact) mass is 335 g/mol. The fraction of sp³-hybridized carbons (Fsp3) is 0.533. The summed E-state index contributed by atoms with van der Waals surface area (Å²) >= 11 is 0. The molecule has 3 heterocycles. The molecule has 3 rings (SSSR count). The zero-order valence-electron chi connectivity index (χ0n) is 13.3. The number of nitrogen functional groups attached to an aromatic ring is 1. The van der Waals surface area contributed by atoms with Gasteiger partial charge in [-0.05, 0) is 12.5 Å². The Labute approximate surface area is 138 Å². The molecule has 1 fully saturated rings. The summed E-state index contributed by atoms with van der Waals surface area (Å²) in [5.74, 6) is 0.207. The number of fused-ring (bicyclic) bond motifs is 1. The van der Waals surface area contributed by atoms with Gasteiger partial charge < -0.3 is 25.8 Å². The maximum absolute atomic E-state index is 10.6. The lowest BCUT2D eigenvalue weighted by molar-refractivity contribution is -0.110. The van der Waals surface area contributed by atoms with Crippen molar-refractivity contribution >= 4 is 17.0 Å². The Balaban J connectivity index is 2.16.